The molecule has 0 fully saturated rings. The summed E-state index contributed by atoms with van der Waals surface area (Å²) in [6, 6.07) is 11.8. The number of aryl methyl sites for hydroxylation is 1. The van der Waals surface area contributed by atoms with Crippen molar-refractivity contribution in [2.45, 2.75) is 6.92 Å². The fourth-order valence-electron chi connectivity index (χ4n) is 1.64. The number of nitrogens with zero attached hydrogens (tertiary/aromatic N) is 1. The van der Waals surface area contributed by atoms with Crippen molar-refractivity contribution in [1.82, 2.24) is 5.43 Å². The van der Waals surface area contributed by atoms with Gasteiger partial charge in [0.05, 0.1) is 16.8 Å². The van der Waals surface area contributed by atoms with E-state index in [-0.39, 0.29) is 5.75 Å². The largest absolute Gasteiger partial charge is 0.507 e. The molecule has 0 atom stereocenters. The molecule has 0 bridgehead atoms. The van der Waals surface area contributed by atoms with Crippen molar-refractivity contribution in [2.75, 3.05) is 0 Å². The van der Waals surface area contributed by atoms with Crippen LogP contribution in [0.15, 0.2) is 47.6 Å². The number of halogens is 1. The van der Waals surface area contributed by atoms with Gasteiger partial charge in [-0.05, 0) is 31.2 Å². The summed E-state index contributed by atoms with van der Waals surface area (Å²) < 4.78 is 0. The second-order valence-corrected chi connectivity index (χ2v) is 4.65. The average molecular weight is 289 g/mol. The predicted molar refractivity (Wildman–Crippen MR) is 79.4 cm³/mol. The van der Waals surface area contributed by atoms with Gasteiger partial charge in [-0.3, -0.25) is 4.79 Å². The third-order valence-electron chi connectivity index (χ3n) is 2.67. The third kappa shape index (κ3) is 3.36. The summed E-state index contributed by atoms with van der Waals surface area (Å²) >= 11 is 5.91. The highest BCUT2D eigenvalue weighted by Crippen LogP contribution is 2.16. The molecule has 1 amide bonds. The molecule has 2 aromatic carbocycles. The van der Waals surface area contributed by atoms with Crippen LogP contribution in [0, 0.1) is 6.92 Å². The van der Waals surface area contributed by atoms with Gasteiger partial charge in [0.2, 0.25) is 0 Å². The van der Waals surface area contributed by atoms with Crippen LogP contribution in [0.3, 0.4) is 0 Å². The van der Waals surface area contributed by atoms with E-state index in [0.29, 0.717) is 16.1 Å². The lowest BCUT2D eigenvalue weighted by molar-refractivity contribution is 0.0955. The van der Waals surface area contributed by atoms with Gasteiger partial charge < -0.3 is 5.11 Å². The van der Waals surface area contributed by atoms with Crippen LogP contribution in [-0.4, -0.2) is 17.2 Å². The number of hydrogen-bond donors (Lipinski definition) is 2. The Kier molecular flexibility index (Phi) is 4.38. The molecule has 5 heteroatoms. The summed E-state index contributed by atoms with van der Waals surface area (Å²) in [7, 11) is 0. The number of rotatable bonds is 3. The van der Waals surface area contributed by atoms with Crippen LogP contribution in [-0.2, 0) is 0 Å². The van der Waals surface area contributed by atoms with E-state index in [4.69, 9.17) is 11.6 Å². The van der Waals surface area contributed by atoms with Crippen molar-refractivity contribution in [2.24, 2.45) is 5.10 Å². The Morgan fingerprint density at radius 3 is 2.80 bits per heavy atom. The molecular weight excluding hydrogens is 276 g/mol. The van der Waals surface area contributed by atoms with Crippen LogP contribution in [0.25, 0.3) is 0 Å². The van der Waals surface area contributed by atoms with E-state index in [0.717, 1.165) is 5.56 Å². The Balaban J connectivity index is 2.09. The van der Waals surface area contributed by atoms with Crippen molar-refractivity contribution in [3.05, 3.63) is 64.2 Å². The lowest BCUT2D eigenvalue weighted by Crippen LogP contribution is -2.17. The smallest absolute Gasteiger partial charge is 0.272 e. The first-order valence-corrected chi connectivity index (χ1v) is 6.33. The summed E-state index contributed by atoms with van der Waals surface area (Å²) in [6.45, 7) is 1.90. The number of hydrazone groups is 1. The number of amides is 1. The molecule has 0 saturated carbocycles. The molecule has 0 aliphatic heterocycles. The Bertz CT molecular complexity index is 669. The Labute approximate surface area is 121 Å². The number of carbonyl (C=O) groups excluding carboxylic acids is 1. The Morgan fingerprint density at radius 2 is 2.05 bits per heavy atom. The number of aromatic hydroxyl groups is 1. The number of phenolic OH excluding ortho intramolecular Hbond substituents is 1. The van der Waals surface area contributed by atoms with Gasteiger partial charge in [-0.2, -0.15) is 5.10 Å². The topological polar surface area (TPSA) is 61.7 Å². The first-order valence-electron chi connectivity index (χ1n) is 5.95. The van der Waals surface area contributed by atoms with Crippen molar-refractivity contribution in [3.63, 3.8) is 0 Å². The first-order chi connectivity index (χ1) is 9.58. The van der Waals surface area contributed by atoms with Crippen molar-refractivity contribution >= 4 is 23.7 Å². The quantitative estimate of drug-likeness (QED) is 0.673. The van der Waals surface area contributed by atoms with E-state index in [1.807, 2.05) is 6.92 Å². The lowest BCUT2D eigenvalue weighted by atomic mass is 10.1. The van der Waals surface area contributed by atoms with Crippen LogP contribution in [0.5, 0.6) is 5.75 Å². The highest BCUT2D eigenvalue weighted by atomic mass is 35.5. The second-order valence-electron chi connectivity index (χ2n) is 4.24. The second kappa shape index (κ2) is 6.21. The molecule has 2 rings (SSSR count). The van der Waals surface area contributed by atoms with E-state index < -0.39 is 5.91 Å². The Hall–Kier alpha value is -2.33. The van der Waals surface area contributed by atoms with Gasteiger partial charge in [0.15, 0.2) is 0 Å². The molecule has 0 unspecified atom stereocenters. The number of benzene rings is 2. The minimum atomic E-state index is -0.404. The molecule has 0 radical (unpaired) electrons. The minimum absolute atomic E-state index is 0.103. The number of hydrogen-bond acceptors (Lipinski definition) is 3. The van der Waals surface area contributed by atoms with Gasteiger partial charge in [-0.15, -0.1) is 0 Å². The molecule has 2 N–H and O–H groups in total. The van der Waals surface area contributed by atoms with Gasteiger partial charge in [-0.1, -0.05) is 35.4 Å². The van der Waals surface area contributed by atoms with E-state index >= 15 is 0 Å². The lowest BCUT2D eigenvalue weighted by Gasteiger charge is -2.02. The number of nitrogens with one attached hydrogen (secondary N) is 1. The van der Waals surface area contributed by atoms with Crippen LogP contribution in [0.4, 0.5) is 0 Å². The summed E-state index contributed by atoms with van der Waals surface area (Å²) in [5.41, 5.74) is 4.24. The zero-order valence-electron chi connectivity index (χ0n) is 10.8. The van der Waals surface area contributed by atoms with E-state index in [1.54, 1.807) is 42.5 Å². The van der Waals surface area contributed by atoms with Crippen LogP contribution >= 0.6 is 11.6 Å². The standard InChI is InChI=1S/C15H13ClN2O2/c1-10-6-7-14(19)11(8-10)9-17-18-15(20)12-4-2-3-5-13(12)16/h2-9,19H,1H3,(H,18,20)/b17-9+. The molecule has 0 aliphatic rings. The molecule has 4 nitrogen and oxygen atoms in total. The maximum Gasteiger partial charge on any atom is 0.272 e. The van der Waals surface area contributed by atoms with E-state index in [9.17, 15) is 9.90 Å². The first kappa shape index (κ1) is 14.1. The summed E-state index contributed by atoms with van der Waals surface area (Å²) in [6.07, 6.45) is 1.39. The third-order valence-corrected chi connectivity index (χ3v) is 3.00. The normalized spacial score (nSPS) is 10.7. The average Bonchev–Trinajstić information content (AvgIpc) is 2.43. The summed E-state index contributed by atoms with van der Waals surface area (Å²) in [5.74, 6) is -0.301. The molecule has 0 heterocycles. The molecule has 102 valence electrons. The highest BCUT2D eigenvalue weighted by molar-refractivity contribution is 6.33. The van der Waals surface area contributed by atoms with Gasteiger partial charge in [0.1, 0.15) is 5.75 Å². The van der Waals surface area contributed by atoms with Crippen LogP contribution in [0.2, 0.25) is 5.02 Å². The highest BCUT2D eigenvalue weighted by Gasteiger charge is 2.07. The monoisotopic (exact) mass is 288 g/mol. The molecular formula is C15H13ClN2O2. The van der Waals surface area contributed by atoms with Crippen molar-refractivity contribution in [1.29, 1.82) is 0 Å². The number of carbonyl (C=O) groups is 1. The summed E-state index contributed by atoms with van der Waals surface area (Å²) in [5, 5.41) is 13.8. The van der Waals surface area contributed by atoms with Crippen LogP contribution < -0.4 is 5.43 Å². The van der Waals surface area contributed by atoms with Gasteiger partial charge in [-0.25, -0.2) is 5.43 Å². The SMILES string of the molecule is Cc1ccc(O)c(/C=N/NC(=O)c2ccccc2Cl)c1. The molecule has 2 aromatic rings. The van der Waals surface area contributed by atoms with E-state index in [1.165, 1.54) is 6.21 Å². The molecule has 0 saturated heterocycles. The van der Waals surface area contributed by atoms with Gasteiger partial charge in [0.25, 0.3) is 5.91 Å². The molecule has 20 heavy (non-hydrogen) atoms. The fraction of sp³-hybridized carbons (Fsp3) is 0.0667. The zero-order chi connectivity index (χ0) is 14.5. The maximum atomic E-state index is 11.8. The Morgan fingerprint density at radius 1 is 1.30 bits per heavy atom. The molecule has 0 aromatic heterocycles. The van der Waals surface area contributed by atoms with Crippen LogP contribution in [0.1, 0.15) is 21.5 Å². The molecule has 0 spiro atoms. The van der Waals surface area contributed by atoms with Crippen molar-refractivity contribution < 1.29 is 9.90 Å². The minimum Gasteiger partial charge on any atom is -0.507 e. The zero-order valence-corrected chi connectivity index (χ0v) is 11.6. The van der Waals surface area contributed by atoms with Gasteiger partial charge >= 0.3 is 0 Å². The summed E-state index contributed by atoms with van der Waals surface area (Å²) in [4.78, 5) is 11.8. The molecule has 0 aliphatic carbocycles. The van der Waals surface area contributed by atoms with Crippen molar-refractivity contribution in [3.8, 4) is 5.75 Å². The predicted octanol–water partition coefficient (Wildman–Crippen LogP) is 3.12. The van der Waals surface area contributed by atoms with E-state index in [2.05, 4.69) is 10.5 Å². The fourth-order valence-corrected chi connectivity index (χ4v) is 1.86. The van der Waals surface area contributed by atoms with Gasteiger partial charge in [0, 0.05) is 5.56 Å². The number of phenols is 1. The maximum absolute atomic E-state index is 11.8.